The van der Waals surface area contributed by atoms with Crippen LogP contribution in [0.4, 0.5) is 5.69 Å². The van der Waals surface area contributed by atoms with Crippen LogP contribution in [0.2, 0.25) is 0 Å². The number of carbonyl (C=O) groups is 3. The van der Waals surface area contributed by atoms with E-state index in [0.717, 1.165) is 12.8 Å². The number of ketones is 1. The fourth-order valence-corrected chi connectivity index (χ4v) is 11.3. The van der Waals surface area contributed by atoms with Crippen LogP contribution in [0.3, 0.4) is 0 Å². The number of carbonyl (C=O) groups excluding carboxylic acids is 3. The average Bonchev–Trinajstić information content (AvgIpc) is 3.43. The third-order valence-electron chi connectivity index (χ3n) is 14.3. The van der Waals surface area contributed by atoms with Crippen molar-refractivity contribution < 1.29 is 54.1 Å². The highest BCUT2D eigenvalue weighted by Crippen LogP contribution is 2.56. The molecule has 5 aromatic rings. The number of anilines is 1. The first-order chi connectivity index (χ1) is 30.9. The molecule has 0 heterocycles. The smallest absolute Gasteiger partial charge is 0.309 e. The van der Waals surface area contributed by atoms with E-state index in [4.69, 9.17) is 24.4 Å². The first-order valence-corrected chi connectivity index (χ1v) is 22.5. The maximum Gasteiger partial charge on any atom is 0.309 e. The Morgan fingerprint density at radius 2 is 1.23 bits per heavy atom. The molecule has 64 heavy (non-hydrogen) atoms. The summed E-state index contributed by atoms with van der Waals surface area (Å²) in [5.41, 5.74) is 2.22. The van der Waals surface area contributed by atoms with Gasteiger partial charge in [-0.1, -0.05) is 11.6 Å². The van der Waals surface area contributed by atoms with Gasteiger partial charge >= 0.3 is 11.9 Å². The topological polar surface area (TPSA) is 226 Å². The number of hydrogen-bond donors (Lipinski definition) is 6. The van der Waals surface area contributed by atoms with Gasteiger partial charge in [0.05, 0.1) is 67.8 Å². The fourth-order valence-electron chi connectivity index (χ4n) is 11.3. The van der Waals surface area contributed by atoms with E-state index in [-0.39, 0.29) is 101 Å². The number of fused-ring (bicyclic) bond motifs is 1. The Bertz CT molecular complexity index is 2780. The summed E-state index contributed by atoms with van der Waals surface area (Å²) in [6.07, 6.45) is 8.18. The number of esters is 2. The van der Waals surface area contributed by atoms with E-state index < -0.39 is 30.0 Å². The number of ether oxygens (including phenoxy) is 3. The third kappa shape index (κ3) is 7.71. The lowest BCUT2D eigenvalue weighted by atomic mass is 9.77. The Morgan fingerprint density at radius 1 is 0.703 bits per heavy atom. The summed E-state index contributed by atoms with van der Waals surface area (Å²) < 4.78 is 16.7. The van der Waals surface area contributed by atoms with E-state index in [1.165, 1.54) is 26.2 Å². The highest BCUT2D eigenvalue weighted by molar-refractivity contribution is 6.39. The molecule has 2 saturated carbocycles. The number of phenolic OH excluding ortho intramolecular Hbond substituents is 1. The van der Waals surface area contributed by atoms with E-state index in [9.17, 15) is 39.3 Å². The van der Waals surface area contributed by atoms with Crippen LogP contribution in [0.25, 0.3) is 49.2 Å². The maximum absolute atomic E-state index is 14.7. The third-order valence-corrected chi connectivity index (χ3v) is 14.3. The highest BCUT2D eigenvalue weighted by atomic mass is 16.5. The molecule has 340 valence electrons. The normalized spacial score (nSPS) is 21.1. The van der Waals surface area contributed by atoms with Gasteiger partial charge in [-0.2, -0.15) is 0 Å². The van der Waals surface area contributed by atoms with Crippen molar-refractivity contribution in [1.29, 1.82) is 0 Å². The predicted octanol–water partition coefficient (Wildman–Crippen LogP) is 5.71. The summed E-state index contributed by atoms with van der Waals surface area (Å²) in [5, 5.41) is 59.1. The molecule has 3 aliphatic carbocycles. The second kappa shape index (κ2) is 18.6. The lowest BCUT2D eigenvalue weighted by Crippen LogP contribution is -2.27. The highest BCUT2D eigenvalue weighted by Gasteiger charge is 2.38. The molecule has 0 saturated heterocycles. The molecule has 14 heteroatoms. The van der Waals surface area contributed by atoms with Crippen LogP contribution < -0.4 is 20.9 Å². The van der Waals surface area contributed by atoms with Crippen LogP contribution in [0.5, 0.6) is 11.5 Å². The molecule has 3 aliphatic rings. The Morgan fingerprint density at radius 3 is 1.75 bits per heavy atom. The number of allylic oxidation sites excluding steroid dienone is 1. The van der Waals surface area contributed by atoms with Crippen LogP contribution in [0, 0.1) is 23.7 Å². The Hall–Kier alpha value is -5.41. The zero-order valence-electron chi connectivity index (χ0n) is 36.6. The summed E-state index contributed by atoms with van der Waals surface area (Å²) in [6, 6.07) is 2.67. The minimum atomic E-state index is -0.886. The molecular formula is C50H57NO13. The molecule has 14 nitrogen and oxygen atoms in total. The molecule has 6 N–H and O–H groups in total. The molecule has 8 rings (SSSR count). The minimum absolute atomic E-state index is 0.0397. The molecule has 0 radical (unpaired) electrons. The van der Waals surface area contributed by atoms with Gasteiger partial charge in [0.25, 0.3) is 0 Å². The van der Waals surface area contributed by atoms with Gasteiger partial charge in [-0.3, -0.25) is 24.0 Å². The number of hydrogen-bond acceptors (Lipinski definition) is 14. The number of aliphatic hydroxyl groups is 4. The first-order valence-electron chi connectivity index (χ1n) is 22.5. The molecule has 0 aliphatic heterocycles. The van der Waals surface area contributed by atoms with E-state index in [1.54, 1.807) is 0 Å². The fraction of sp³-hybridized carbons (Fsp3) is 0.500. The number of phenols is 1. The number of methoxy groups -OCH3 is 1. The quantitative estimate of drug-likeness (QED) is 0.0397. The van der Waals surface area contributed by atoms with Crippen molar-refractivity contribution in [3.63, 3.8) is 0 Å². The Kier molecular flexibility index (Phi) is 13.1. The summed E-state index contributed by atoms with van der Waals surface area (Å²) in [6.45, 7) is 2.08. The van der Waals surface area contributed by atoms with Crippen molar-refractivity contribution in [2.75, 3.05) is 45.4 Å². The second-order valence-corrected chi connectivity index (χ2v) is 18.0. The number of rotatable bonds is 16. The van der Waals surface area contributed by atoms with Gasteiger partial charge in [-0.15, -0.1) is 0 Å². The van der Waals surface area contributed by atoms with Crippen molar-refractivity contribution in [2.24, 2.45) is 23.7 Å². The number of aromatic hydroxyl groups is 1. The van der Waals surface area contributed by atoms with Gasteiger partial charge in [0.2, 0.25) is 0 Å². The van der Waals surface area contributed by atoms with Crippen LogP contribution in [0.1, 0.15) is 105 Å². The monoisotopic (exact) mass is 879 g/mol. The number of aliphatic hydroxyl groups excluding tert-OH is 4. The number of nitrogens with one attached hydrogen (secondary N) is 1. The second-order valence-electron chi connectivity index (χ2n) is 18.0. The summed E-state index contributed by atoms with van der Waals surface area (Å²) in [7, 11) is 1.49. The first kappa shape index (κ1) is 45.2. The van der Waals surface area contributed by atoms with Crippen molar-refractivity contribution in [3.8, 4) is 11.5 Å². The molecule has 0 bridgehead atoms. The predicted molar refractivity (Wildman–Crippen MR) is 242 cm³/mol. The van der Waals surface area contributed by atoms with Crippen LogP contribution in [-0.2, 0) is 43.5 Å². The average molecular weight is 880 g/mol. The number of benzene rings is 5. The van der Waals surface area contributed by atoms with Gasteiger partial charge in [0.1, 0.15) is 30.5 Å². The van der Waals surface area contributed by atoms with Gasteiger partial charge in [0.15, 0.2) is 10.9 Å². The molecule has 0 spiro atoms. The molecule has 2 fully saturated rings. The zero-order valence-corrected chi connectivity index (χ0v) is 36.6. The van der Waals surface area contributed by atoms with Gasteiger partial charge in [0, 0.05) is 28.4 Å². The Labute approximate surface area is 369 Å². The van der Waals surface area contributed by atoms with E-state index in [0.29, 0.717) is 118 Å². The summed E-state index contributed by atoms with van der Waals surface area (Å²) in [5.74, 6) is -1.88. The van der Waals surface area contributed by atoms with Gasteiger partial charge in [-0.25, -0.2) is 0 Å². The minimum Gasteiger partial charge on any atom is -0.507 e. The SMILES string of the molecule is COc1c(NCC2CCC(C(=O)OCCO)CC2)c2c(=O)cc(CO)c3c4c(CO)cc(=O)c5c(O)c(CCC6CCC(C(=O)OCCO)CC6)c6c(c(c1C(C(C)=O)C(C)=C6)c23)c54. The Balaban J connectivity index is 1.35. The van der Waals surface area contributed by atoms with E-state index in [2.05, 4.69) is 5.32 Å². The standard InChI is InChI=1S/C50H57NO13/c1-24-18-33-32(13-8-26-4-9-28(10-5-26)49(60)63-16-14-52)47(59)41-35(58)20-31(23-55)37-38-30(22-54)19-34(57)40-43(38)44(39(33)42(37)41)45(36(24)25(2)56)48(62-3)46(40)51-21-27-6-11-29(12-7-27)50(61)64-17-15-53/h18-20,26-29,36,51-55,59H,4-17,21-23H2,1-3H3. The van der Waals surface area contributed by atoms with Crippen LogP contribution in [0.15, 0.2) is 27.3 Å². The zero-order chi connectivity index (χ0) is 45.6. The van der Waals surface area contributed by atoms with Crippen molar-refractivity contribution in [1.82, 2.24) is 0 Å². The summed E-state index contributed by atoms with van der Waals surface area (Å²) >= 11 is 0. The largest absolute Gasteiger partial charge is 0.507 e. The molecular weight excluding hydrogens is 823 g/mol. The van der Waals surface area contributed by atoms with Gasteiger partial charge < -0.3 is 45.1 Å². The molecule has 0 aromatic heterocycles. The van der Waals surface area contributed by atoms with E-state index >= 15 is 0 Å². The van der Waals surface area contributed by atoms with Crippen molar-refractivity contribution in [2.45, 2.75) is 97.2 Å². The van der Waals surface area contributed by atoms with Crippen molar-refractivity contribution in [3.05, 3.63) is 66.0 Å². The molecule has 5 aromatic carbocycles. The van der Waals surface area contributed by atoms with Crippen LogP contribution >= 0.6 is 0 Å². The van der Waals surface area contributed by atoms with Crippen LogP contribution in [-0.4, -0.2) is 83.3 Å². The molecule has 0 amide bonds. The van der Waals surface area contributed by atoms with E-state index in [1.807, 2.05) is 13.0 Å². The maximum atomic E-state index is 14.7. The lowest BCUT2D eigenvalue weighted by molar-refractivity contribution is -0.151. The van der Waals surface area contributed by atoms with Gasteiger partial charge in [-0.05, 0) is 140 Å². The molecule has 1 atom stereocenters. The summed E-state index contributed by atoms with van der Waals surface area (Å²) in [4.78, 5) is 68.3. The van der Waals surface area contributed by atoms with Crippen molar-refractivity contribution >= 4 is 72.6 Å². The lowest BCUT2D eigenvalue weighted by Gasteiger charge is -2.30. The number of Topliss-reactive ketones (excluding diaryl/α,β-unsaturated/α-hetero) is 1. The molecule has 1 unspecified atom stereocenters.